The average Bonchev–Trinajstić information content (AvgIpc) is 3.08. The largest absolute Gasteiger partial charge is 0.485 e. The van der Waals surface area contributed by atoms with Crippen LogP contribution in [0.5, 0.6) is 5.75 Å². The fourth-order valence-electron chi connectivity index (χ4n) is 2.78. The van der Waals surface area contributed by atoms with Crippen LogP contribution >= 0.6 is 0 Å². The van der Waals surface area contributed by atoms with Crippen molar-refractivity contribution in [1.29, 1.82) is 0 Å². The Morgan fingerprint density at radius 3 is 2.42 bits per heavy atom. The second-order valence-electron chi connectivity index (χ2n) is 6.54. The molecule has 0 radical (unpaired) electrons. The molecule has 1 heterocycles. The van der Waals surface area contributed by atoms with Crippen LogP contribution in [0.3, 0.4) is 0 Å². The molecule has 1 aromatic heterocycles. The van der Waals surface area contributed by atoms with Gasteiger partial charge >= 0.3 is 0 Å². The van der Waals surface area contributed by atoms with Crippen molar-refractivity contribution in [3.8, 4) is 5.75 Å². The number of anilines is 1. The highest BCUT2D eigenvalue weighted by atomic mass is 16.5. The molecule has 0 aliphatic heterocycles. The van der Waals surface area contributed by atoms with Crippen LogP contribution < -0.4 is 10.1 Å². The SMILES string of the molecule is Cc1ccc(C)c(OCc2ccc(C(=O)Nc3c(C)cccc3C)o2)c1. The standard InChI is InChI=1S/C22H23NO3/c1-14-8-9-15(2)20(12-14)25-13-18-10-11-19(26-18)22(24)23-21-16(3)6-5-7-17(21)4/h5-12H,13H2,1-4H3,(H,23,24). The van der Waals surface area contributed by atoms with Crippen LogP contribution in [0.1, 0.15) is 38.6 Å². The zero-order chi connectivity index (χ0) is 18.7. The van der Waals surface area contributed by atoms with E-state index in [-0.39, 0.29) is 18.3 Å². The van der Waals surface area contributed by atoms with E-state index in [1.165, 1.54) is 0 Å². The van der Waals surface area contributed by atoms with Gasteiger partial charge in [-0.15, -0.1) is 0 Å². The molecule has 4 nitrogen and oxygen atoms in total. The van der Waals surface area contributed by atoms with Gasteiger partial charge in [-0.25, -0.2) is 0 Å². The summed E-state index contributed by atoms with van der Waals surface area (Å²) in [5.74, 6) is 1.44. The number of benzene rings is 2. The Morgan fingerprint density at radius 2 is 1.69 bits per heavy atom. The Kier molecular flexibility index (Phi) is 5.12. The summed E-state index contributed by atoms with van der Waals surface area (Å²) in [7, 11) is 0. The normalized spacial score (nSPS) is 10.6. The third-order valence-corrected chi connectivity index (χ3v) is 4.32. The van der Waals surface area contributed by atoms with Crippen LogP contribution in [-0.4, -0.2) is 5.91 Å². The summed E-state index contributed by atoms with van der Waals surface area (Å²) in [6.07, 6.45) is 0. The molecule has 0 saturated heterocycles. The molecule has 0 unspecified atom stereocenters. The number of nitrogens with one attached hydrogen (secondary N) is 1. The predicted molar refractivity (Wildman–Crippen MR) is 103 cm³/mol. The van der Waals surface area contributed by atoms with Crippen LogP contribution in [0, 0.1) is 27.7 Å². The lowest BCUT2D eigenvalue weighted by Crippen LogP contribution is -2.13. The molecule has 0 fully saturated rings. The first kappa shape index (κ1) is 17.8. The highest BCUT2D eigenvalue weighted by Crippen LogP contribution is 2.23. The number of rotatable bonds is 5. The Bertz CT molecular complexity index is 920. The van der Waals surface area contributed by atoms with Crippen LogP contribution in [0.25, 0.3) is 0 Å². The molecule has 1 N–H and O–H groups in total. The minimum atomic E-state index is -0.264. The maximum atomic E-state index is 12.5. The zero-order valence-electron chi connectivity index (χ0n) is 15.6. The Morgan fingerprint density at radius 1 is 0.962 bits per heavy atom. The summed E-state index contributed by atoms with van der Waals surface area (Å²) in [6.45, 7) is 8.23. The topological polar surface area (TPSA) is 51.5 Å². The summed E-state index contributed by atoms with van der Waals surface area (Å²) in [5, 5.41) is 2.92. The van der Waals surface area contributed by atoms with Crippen molar-refractivity contribution >= 4 is 11.6 Å². The van der Waals surface area contributed by atoms with E-state index in [9.17, 15) is 4.79 Å². The fraction of sp³-hybridized carbons (Fsp3) is 0.227. The monoisotopic (exact) mass is 349 g/mol. The number of carbonyl (C=O) groups is 1. The van der Waals surface area contributed by atoms with Gasteiger partial charge in [0.15, 0.2) is 5.76 Å². The van der Waals surface area contributed by atoms with Crippen molar-refractivity contribution in [3.63, 3.8) is 0 Å². The van der Waals surface area contributed by atoms with E-state index in [4.69, 9.17) is 9.15 Å². The predicted octanol–water partition coefficient (Wildman–Crippen LogP) is 5.34. The maximum absolute atomic E-state index is 12.5. The van der Waals surface area contributed by atoms with Crippen molar-refractivity contribution in [2.24, 2.45) is 0 Å². The van der Waals surface area contributed by atoms with Crippen molar-refractivity contribution < 1.29 is 13.9 Å². The molecule has 0 atom stereocenters. The van der Waals surface area contributed by atoms with Crippen molar-refractivity contribution in [1.82, 2.24) is 0 Å². The number of hydrogen-bond donors (Lipinski definition) is 1. The van der Waals surface area contributed by atoms with Gasteiger partial charge in [0, 0.05) is 5.69 Å². The van der Waals surface area contributed by atoms with Crippen molar-refractivity contribution in [3.05, 3.63) is 82.3 Å². The second-order valence-corrected chi connectivity index (χ2v) is 6.54. The molecule has 4 heteroatoms. The van der Waals surface area contributed by atoms with Gasteiger partial charge in [0.2, 0.25) is 0 Å². The summed E-state index contributed by atoms with van der Waals surface area (Å²) < 4.78 is 11.5. The minimum Gasteiger partial charge on any atom is -0.485 e. The van der Waals surface area contributed by atoms with Gasteiger partial charge in [-0.2, -0.15) is 0 Å². The highest BCUT2D eigenvalue weighted by molar-refractivity contribution is 6.03. The Balaban J connectivity index is 1.67. The number of amides is 1. The maximum Gasteiger partial charge on any atom is 0.291 e. The first-order valence-electron chi connectivity index (χ1n) is 8.60. The van der Waals surface area contributed by atoms with E-state index >= 15 is 0 Å². The molecule has 0 saturated carbocycles. The van der Waals surface area contributed by atoms with E-state index < -0.39 is 0 Å². The van der Waals surface area contributed by atoms with Crippen molar-refractivity contribution in [2.45, 2.75) is 34.3 Å². The third kappa shape index (κ3) is 3.97. The fourth-order valence-corrected chi connectivity index (χ4v) is 2.78. The summed E-state index contributed by atoms with van der Waals surface area (Å²) in [4.78, 5) is 12.5. The molecular weight excluding hydrogens is 326 g/mol. The molecule has 1 amide bonds. The summed E-state index contributed by atoms with van der Waals surface area (Å²) in [5.41, 5.74) is 5.06. The molecule has 0 aliphatic rings. The van der Waals surface area contributed by atoms with E-state index in [0.29, 0.717) is 5.76 Å². The van der Waals surface area contributed by atoms with Gasteiger partial charge in [-0.05, 0) is 68.1 Å². The summed E-state index contributed by atoms with van der Waals surface area (Å²) in [6, 6.07) is 15.4. The third-order valence-electron chi connectivity index (χ3n) is 4.32. The quantitative estimate of drug-likeness (QED) is 0.676. The minimum absolute atomic E-state index is 0.264. The van der Waals surface area contributed by atoms with Gasteiger partial charge in [-0.1, -0.05) is 30.3 Å². The van der Waals surface area contributed by atoms with Crippen molar-refractivity contribution in [2.75, 3.05) is 5.32 Å². The molecule has 134 valence electrons. The lowest BCUT2D eigenvalue weighted by molar-refractivity contribution is 0.0992. The van der Waals surface area contributed by atoms with Gasteiger partial charge in [-0.3, -0.25) is 4.79 Å². The van der Waals surface area contributed by atoms with Gasteiger partial charge in [0.1, 0.15) is 18.1 Å². The number of ether oxygens (including phenoxy) is 1. The zero-order valence-corrected chi connectivity index (χ0v) is 15.6. The van der Waals surface area contributed by atoms with Crippen LogP contribution in [0.4, 0.5) is 5.69 Å². The molecule has 0 aliphatic carbocycles. The highest BCUT2D eigenvalue weighted by Gasteiger charge is 2.14. The molecule has 0 spiro atoms. The number of carbonyl (C=O) groups excluding carboxylic acids is 1. The van der Waals surface area contributed by atoms with E-state index in [2.05, 4.69) is 5.32 Å². The van der Waals surface area contributed by atoms with Crippen LogP contribution in [0.15, 0.2) is 52.9 Å². The van der Waals surface area contributed by atoms with Gasteiger partial charge < -0.3 is 14.5 Å². The number of para-hydroxylation sites is 1. The smallest absolute Gasteiger partial charge is 0.291 e. The number of furan rings is 1. The molecule has 2 aromatic carbocycles. The first-order chi connectivity index (χ1) is 12.4. The molecule has 26 heavy (non-hydrogen) atoms. The molecule has 3 rings (SSSR count). The van der Waals surface area contributed by atoms with Crippen LogP contribution in [-0.2, 0) is 6.61 Å². The molecular formula is C22H23NO3. The Hall–Kier alpha value is -3.01. The molecule has 3 aromatic rings. The average molecular weight is 349 g/mol. The van der Waals surface area contributed by atoms with Gasteiger partial charge in [0.05, 0.1) is 0 Å². The Labute approximate surface area is 153 Å². The summed E-state index contributed by atoms with van der Waals surface area (Å²) >= 11 is 0. The lowest BCUT2D eigenvalue weighted by atomic mass is 10.1. The lowest BCUT2D eigenvalue weighted by Gasteiger charge is -2.10. The van der Waals surface area contributed by atoms with Crippen LogP contribution in [0.2, 0.25) is 0 Å². The number of aryl methyl sites for hydroxylation is 4. The second kappa shape index (κ2) is 7.48. The van der Waals surface area contributed by atoms with E-state index in [0.717, 1.165) is 33.7 Å². The first-order valence-corrected chi connectivity index (χ1v) is 8.60. The number of hydrogen-bond acceptors (Lipinski definition) is 3. The van der Waals surface area contributed by atoms with E-state index in [1.807, 2.05) is 64.1 Å². The molecule has 0 bridgehead atoms. The van der Waals surface area contributed by atoms with E-state index in [1.54, 1.807) is 12.1 Å². The van der Waals surface area contributed by atoms with Gasteiger partial charge in [0.25, 0.3) is 5.91 Å².